The van der Waals surface area contributed by atoms with Gasteiger partial charge in [0.05, 0.1) is 37.4 Å². The van der Waals surface area contributed by atoms with Gasteiger partial charge in [0.15, 0.2) is 5.60 Å². The van der Waals surface area contributed by atoms with Crippen molar-refractivity contribution in [1.82, 2.24) is 4.90 Å². The molecule has 196 valence electrons. The van der Waals surface area contributed by atoms with Crippen LogP contribution in [-0.4, -0.2) is 40.6 Å². The molecule has 6 rings (SSSR count). The summed E-state index contributed by atoms with van der Waals surface area (Å²) in [5.41, 5.74) is 4.04. The van der Waals surface area contributed by atoms with Gasteiger partial charge in [0, 0.05) is 21.6 Å². The first-order valence-corrected chi connectivity index (χ1v) is 14.3. The smallest absolute Gasteiger partial charge is 0.264 e. The van der Waals surface area contributed by atoms with Crippen molar-refractivity contribution in [3.63, 3.8) is 0 Å². The highest BCUT2D eigenvalue weighted by Gasteiger charge is 2.60. The minimum Gasteiger partial charge on any atom is -0.394 e. The lowest BCUT2D eigenvalue weighted by Gasteiger charge is -2.36. The van der Waals surface area contributed by atoms with Crippen LogP contribution < -0.4 is 4.90 Å². The summed E-state index contributed by atoms with van der Waals surface area (Å²) in [6.45, 7) is 2.94. The second-order valence-corrected chi connectivity index (χ2v) is 11.9. The Labute approximate surface area is 236 Å². The van der Waals surface area contributed by atoms with Gasteiger partial charge in [-0.15, -0.1) is 0 Å². The molecule has 3 aliphatic rings. The maximum absolute atomic E-state index is 14.1. The van der Waals surface area contributed by atoms with Gasteiger partial charge >= 0.3 is 0 Å². The van der Waals surface area contributed by atoms with Crippen LogP contribution in [0.25, 0.3) is 0 Å². The zero-order chi connectivity index (χ0) is 26.4. The molecule has 2 amide bonds. The van der Waals surface area contributed by atoms with E-state index in [1.807, 2.05) is 65.6 Å². The summed E-state index contributed by atoms with van der Waals surface area (Å²) >= 11 is 2.29. The predicted molar refractivity (Wildman–Crippen MR) is 153 cm³/mol. The number of rotatable bonds is 5. The van der Waals surface area contributed by atoms with E-state index in [-0.39, 0.29) is 42.9 Å². The van der Waals surface area contributed by atoms with E-state index < -0.39 is 5.60 Å². The summed E-state index contributed by atoms with van der Waals surface area (Å²) in [5, 5.41) is 10.0. The molecule has 0 unspecified atom stereocenters. The fraction of sp³-hybridized carbons (Fsp3) is 0.355. The first-order valence-electron chi connectivity index (χ1n) is 13.2. The highest BCUT2D eigenvalue weighted by molar-refractivity contribution is 14.1. The van der Waals surface area contributed by atoms with Crippen molar-refractivity contribution in [2.75, 3.05) is 11.5 Å². The van der Waals surface area contributed by atoms with Crippen LogP contribution in [0.2, 0.25) is 0 Å². The number of amides is 2. The predicted octanol–water partition coefficient (Wildman–Crippen LogP) is 4.79. The van der Waals surface area contributed by atoms with E-state index in [0.717, 1.165) is 25.9 Å². The maximum atomic E-state index is 14.1. The van der Waals surface area contributed by atoms with Crippen molar-refractivity contribution in [1.29, 1.82) is 0 Å². The van der Waals surface area contributed by atoms with Crippen molar-refractivity contribution < 1.29 is 19.4 Å². The fourth-order valence-electron chi connectivity index (χ4n) is 6.48. The second kappa shape index (κ2) is 10.1. The lowest BCUT2D eigenvalue weighted by molar-refractivity contribution is -0.151. The van der Waals surface area contributed by atoms with E-state index in [1.165, 1.54) is 5.56 Å². The van der Waals surface area contributed by atoms with Crippen molar-refractivity contribution in [2.45, 2.75) is 57.0 Å². The molecule has 0 aliphatic carbocycles. The van der Waals surface area contributed by atoms with Crippen LogP contribution in [0.5, 0.6) is 0 Å². The van der Waals surface area contributed by atoms with Crippen LogP contribution in [0.1, 0.15) is 42.0 Å². The number of halogens is 1. The van der Waals surface area contributed by atoms with E-state index in [1.54, 1.807) is 4.90 Å². The Morgan fingerprint density at radius 3 is 2.63 bits per heavy atom. The summed E-state index contributed by atoms with van der Waals surface area (Å²) in [5.74, 6) is -0.173. The summed E-state index contributed by atoms with van der Waals surface area (Å²) in [6, 6.07) is 23.9. The van der Waals surface area contributed by atoms with Crippen LogP contribution in [0.3, 0.4) is 0 Å². The molecule has 3 aromatic rings. The zero-order valence-corrected chi connectivity index (χ0v) is 23.5. The van der Waals surface area contributed by atoms with Crippen molar-refractivity contribution in [3.8, 4) is 0 Å². The highest BCUT2D eigenvalue weighted by Crippen LogP contribution is 2.53. The van der Waals surface area contributed by atoms with E-state index in [4.69, 9.17) is 4.74 Å². The van der Waals surface area contributed by atoms with Crippen molar-refractivity contribution >= 4 is 40.1 Å². The lowest BCUT2D eigenvalue weighted by Crippen LogP contribution is -2.47. The molecule has 4 atom stereocenters. The highest BCUT2D eigenvalue weighted by atomic mass is 127. The molecule has 3 aliphatic heterocycles. The van der Waals surface area contributed by atoms with Crippen molar-refractivity contribution in [2.24, 2.45) is 5.92 Å². The van der Waals surface area contributed by atoms with Gasteiger partial charge in [-0.3, -0.25) is 9.59 Å². The number of ether oxygens (including phenoxy) is 1. The Morgan fingerprint density at radius 1 is 1.08 bits per heavy atom. The third-order valence-corrected chi connectivity index (χ3v) is 9.01. The van der Waals surface area contributed by atoms with E-state index in [9.17, 15) is 14.7 Å². The molecule has 3 heterocycles. The molecular weight excluding hydrogens is 591 g/mol. The topological polar surface area (TPSA) is 70.1 Å². The number of aliphatic hydroxyl groups excluding tert-OH is 1. The van der Waals surface area contributed by atoms with Crippen LogP contribution in [0.15, 0.2) is 72.8 Å². The number of aliphatic hydroxyl groups is 1. The van der Waals surface area contributed by atoms with Crippen LogP contribution in [0.4, 0.5) is 5.69 Å². The molecule has 0 aromatic heterocycles. The molecule has 1 spiro atoms. The standard InChI is InChI=1S/C31H31IN2O4/c1-20-13-26(16-29(36)33-18-23-9-3-2-8-22(23)15-25(33)19-35)38-31(20)27-11-4-5-12-28(27)34(30(31)37)17-21-7-6-10-24(32)14-21/h2-12,14,20,25-26,35H,13,15-19H2,1H3/t20-,25-,26-,31+/m0/s1. The van der Waals surface area contributed by atoms with E-state index in [2.05, 4.69) is 41.6 Å². The van der Waals surface area contributed by atoms with Crippen molar-refractivity contribution in [3.05, 3.63) is 98.6 Å². The maximum Gasteiger partial charge on any atom is 0.264 e. The Hall–Kier alpha value is -2.75. The number of benzene rings is 3. The monoisotopic (exact) mass is 622 g/mol. The molecule has 6 nitrogen and oxygen atoms in total. The molecule has 0 radical (unpaired) electrons. The first-order chi connectivity index (χ1) is 18.4. The van der Waals surface area contributed by atoms with Gasteiger partial charge < -0.3 is 19.6 Å². The molecule has 1 fully saturated rings. The van der Waals surface area contributed by atoms with Gasteiger partial charge in [0.1, 0.15) is 0 Å². The number of para-hydroxylation sites is 1. The first kappa shape index (κ1) is 25.5. The molecule has 3 aromatic carbocycles. The van der Waals surface area contributed by atoms with Gasteiger partial charge in [-0.25, -0.2) is 0 Å². The van der Waals surface area contributed by atoms with E-state index >= 15 is 0 Å². The Morgan fingerprint density at radius 2 is 1.84 bits per heavy atom. The molecule has 0 bridgehead atoms. The molecule has 7 heteroatoms. The van der Waals surface area contributed by atoms with Gasteiger partial charge in [-0.05, 0) is 70.3 Å². The number of carbonyl (C=O) groups is 2. The van der Waals surface area contributed by atoms with Gasteiger partial charge in [0.2, 0.25) is 5.91 Å². The fourth-order valence-corrected chi connectivity index (χ4v) is 7.09. The van der Waals surface area contributed by atoms with Gasteiger partial charge in [0.25, 0.3) is 5.91 Å². The molecule has 1 saturated heterocycles. The second-order valence-electron chi connectivity index (χ2n) is 10.7. The average Bonchev–Trinajstić information content (AvgIpc) is 3.37. The number of carbonyl (C=O) groups excluding carboxylic acids is 2. The SMILES string of the molecule is C[C@H]1C[C@@H](CC(=O)N2Cc3ccccc3C[C@H]2CO)O[C@]12C(=O)N(Cc1cccc(I)c1)c1ccccc12. The largest absolute Gasteiger partial charge is 0.394 e. The molecule has 1 N–H and O–H groups in total. The van der Waals surface area contributed by atoms with Crippen LogP contribution in [0, 0.1) is 9.49 Å². The zero-order valence-electron chi connectivity index (χ0n) is 21.3. The third kappa shape index (κ3) is 4.25. The number of nitrogens with zero attached hydrogens (tertiary/aromatic N) is 2. The Kier molecular flexibility index (Phi) is 6.78. The molecule has 0 saturated carbocycles. The minimum atomic E-state index is -1.09. The van der Waals surface area contributed by atoms with Crippen LogP contribution in [-0.2, 0) is 39.4 Å². The summed E-state index contributed by atoms with van der Waals surface area (Å²) in [7, 11) is 0. The van der Waals surface area contributed by atoms with Gasteiger partial charge in [-0.1, -0.05) is 61.5 Å². The Balaban J connectivity index is 1.24. The minimum absolute atomic E-state index is 0.0396. The number of fused-ring (bicyclic) bond motifs is 3. The third-order valence-electron chi connectivity index (χ3n) is 8.34. The van der Waals surface area contributed by atoms with Crippen LogP contribution >= 0.6 is 22.6 Å². The Bertz CT molecular complexity index is 1390. The molecule has 38 heavy (non-hydrogen) atoms. The number of anilines is 1. The summed E-state index contributed by atoms with van der Waals surface area (Å²) in [6.07, 6.45) is 1.08. The van der Waals surface area contributed by atoms with Gasteiger partial charge in [-0.2, -0.15) is 0 Å². The molecular formula is C31H31IN2O4. The van der Waals surface area contributed by atoms with E-state index in [0.29, 0.717) is 25.9 Å². The summed E-state index contributed by atoms with van der Waals surface area (Å²) in [4.78, 5) is 31.3. The number of hydrogen-bond donors (Lipinski definition) is 1. The quantitative estimate of drug-likeness (QED) is 0.416. The lowest BCUT2D eigenvalue weighted by atomic mass is 9.83. The average molecular weight is 623 g/mol. The normalized spacial score (nSPS) is 26.1. The summed E-state index contributed by atoms with van der Waals surface area (Å²) < 4.78 is 7.78. The number of hydrogen-bond acceptors (Lipinski definition) is 4.